The van der Waals surface area contributed by atoms with Gasteiger partial charge in [0.2, 0.25) is 5.71 Å². The van der Waals surface area contributed by atoms with Gasteiger partial charge >= 0.3 is 0 Å². The highest BCUT2D eigenvalue weighted by Crippen LogP contribution is 2.39. The summed E-state index contributed by atoms with van der Waals surface area (Å²) in [6, 6.07) is 9.85. The first-order valence-electron chi connectivity index (χ1n) is 7.29. The van der Waals surface area contributed by atoms with Crippen molar-refractivity contribution in [3.8, 4) is 11.3 Å². The van der Waals surface area contributed by atoms with E-state index in [1.165, 1.54) is 0 Å². The minimum absolute atomic E-state index is 0.602. The van der Waals surface area contributed by atoms with Gasteiger partial charge in [0.25, 0.3) is 0 Å². The highest BCUT2D eigenvalue weighted by molar-refractivity contribution is 6.14. The van der Waals surface area contributed by atoms with Gasteiger partial charge in [-0.1, -0.05) is 6.07 Å². The number of nitrogens with zero attached hydrogens (tertiary/aromatic N) is 3. The molecular weight excluding hydrogens is 290 g/mol. The quantitative estimate of drug-likeness (QED) is 0.456. The molecule has 0 fully saturated rings. The number of pyridine rings is 1. The van der Waals surface area contributed by atoms with Gasteiger partial charge in [-0.3, -0.25) is 9.97 Å². The van der Waals surface area contributed by atoms with Crippen molar-refractivity contribution in [1.82, 2.24) is 15.0 Å². The third-order valence-electron chi connectivity index (χ3n) is 3.95. The van der Waals surface area contributed by atoms with Crippen LogP contribution in [-0.4, -0.2) is 15.0 Å². The van der Waals surface area contributed by atoms with E-state index >= 15 is 0 Å². The molecule has 0 saturated carbocycles. The summed E-state index contributed by atoms with van der Waals surface area (Å²) in [4.78, 5) is 12.9. The average Bonchev–Trinajstić information content (AvgIpc) is 3.11. The number of rotatable bonds is 1. The van der Waals surface area contributed by atoms with Crippen molar-refractivity contribution in [3.63, 3.8) is 0 Å². The third-order valence-corrected chi connectivity index (χ3v) is 3.95. The molecule has 0 aliphatic carbocycles. The van der Waals surface area contributed by atoms with Gasteiger partial charge in [-0.25, -0.2) is 4.98 Å². The maximum absolute atomic E-state index is 6.13. The van der Waals surface area contributed by atoms with E-state index in [0.29, 0.717) is 5.71 Å². The lowest BCUT2D eigenvalue weighted by atomic mass is 10.1. The van der Waals surface area contributed by atoms with E-state index in [1.807, 2.05) is 37.3 Å². The van der Waals surface area contributed by atoms with Crippen molar-refractivity contribution in [2.75, 3.05) is 0 Å². The van der Waals surface area contributed by atoms with Crippen LogP contribution >= 0.6 is 0 Å². The smallest absolute Gasteiger partial charge is 0.230 e. The molecule has 5 aromatic rings. The van der Waals surface area contributed by atoms with Gasteiger partial charge in [0, 0.05) is 23.7 Å². The fraction of sp³-hybridized carbons (Fsp3) is 0.0556. The topological polar surface area (TPSA) is 65.0 Å². The second kappa shape index (κ2) is 4.39. The minimum atomic E-state index is 0.602. The monoisotopic (exact) mass is 301 g/mol. The lowest BCUT2D eigenvalue weighted by molar-refractivity contribution is 0.644. The number of hydrogen-bond donors (Lipinski definition) is 0. The number of furan rings is 2. The minimum Gasteiger partial charge on any atom is -0.451 e. The Bertz CT molecular complexity index is 1170. The summed E-state index contributed by atoms with van der Waals surface area (Å²) >= 11 is 0. The summed E-state index contributed by atoms with van der Waals surface area (Å²) in [6.45, 7) is 1.94. The molecule has 0 atom stereocenters. The Morgan fingerprint density at radius 3 is 2.65 bits per heavy atom. The Balaban J connectivity index is 1.90. The highest BCUT2D eigenvalue weighted by atomic mass is 16.4. The molecule has 0 amide bonds. The first kappa shape index (κ1) is 12.3. The number of aryl methyl sites for hydroxylation is 1. The first-order chi connectivity index (χ1) is 11.3. The van der Waals surface area contributed by atoms with E-state index in [1.54, 1.807) is 18.6 Å². The summed E-state index contributed by atoms with van der Waals surface area (Å²) < 4.78 is 12.1. The molecule has 110 valence electrons. The number of benzene rings is 1. The van der Waals surface area contributed by atoms with Crippen LogP contribution in [0.5, 0.6) is 0 Å². The number of para-hydroxylation sites is 1. The van der Waals surface area contributed by atoms with Crippen molar-refractivity contribution in [3.05, 3.63) is 54.6 Å². The molecule has 0 radical (unpaired) electrons. The Morgan fingerprint density at radius 2 is 1.78 bits per heavy atom. The SMILES string of the molecule is Cc1ccc2c(n1)oc1c3cccc(-c4cnccn4)c3oc21. The average molecular weight is 301 g/mol. The maximum Gasteiger partial charge on any atom is 0.230 e. The third kappa shape index (κ3) is 1.70. The predicted octanol–water partition coefficient (Wildman–Crippen LogP) is 4.49. The number of aromatic nitrogens is 3. The number of fused-ring (bicyclic) bond motifs is 5. The zero-order chi connectivity index (χ0) is 15.4. The molecule has 0 unspecified atom stereocenters. The van der Waals surface area contributed by atoms with Crippen LogP contribution in [0, 0.1) is 6.92 Å². The molecule has 0 aliphatic heterocycles. The summed E-state index contributed by atoms with van der Waals surface area (Å²) in [6.07, 6.45) is 5.05. The van der Waals surface area contributed by atoms with Crippen molar-refractivity contribution in [2.45, 2.75) is 6.92 Å². The van der Waals surface area contributed by atoms with Crippen LogP contribution in [-0.2, 0) is 0 Å². The van der Waals surface area contributed by atoms with Gasteiger partial charge in [0.05, 0.1) is 22.7 Å². The molecule has 4 heterocycles. The Hall–Kier alpha value is -3.21. The van der Waals surface area contributed by atoms with Crippen molar-refractivity contribution >= 4 is 33.2 Å². The number of hydrogen-bond acceptors (Lipinski definition) is 5. The summed E-state index contributed by atoms with van der Waals surface area (Å²) in [5, 5.41) is 1.80. The van der Waals surface area contributed by atoms with Gasteiger partial charge in [-0.05, 0) is 31.2 Å². The molecule has 23 heavy (non-hydrogen) atoms. The molecule has 0 saturated heterocycles. The summed E-state index contributed by atoms with van der Waals surface area (Å²) in [7, 11) is 0. The molecule has 5 heteroatoms. The molecule has 1 aromatic carbocycles. The summed E-state index contributed by atoms with van der Waals surface area (Å²) in [5.41, 5.74) is 5.38. The largest absolute Gasteiger partial charge is 0.451 e. The van der Waals surface area contributed by atoms with Crippen molar-refractivity contribution < 1.29 is 8.83 Å². The van der Waals surface area contributed by atoms with Gasteiger partial charge in [-0.2, -0.15) is 0 Å². The van der Waals surface area contributed by atoms with Crippen LogP contribution in [0.15, 0.2) is 57.8 Å². The Morgan fingerprint density at radius 1 is 0.870 bits per heavy atom. The predicted molar refractivity (Wildman–Crippen MR) is 87.1 cm³/mol. The second-order valence-electron chi connectivity index (χ2n) is 5.44. The van der Waals surface area contributed by atoms with E-state index in [4.69, 9.17) is 8.83 Å². The summed E-state index contributed by atoms with van der Waals surface area (Å²) in [5.74, 6) is 0. The molecule has 5 rings (SSSR count). The van der Waals surface area contributed by atoms with Gasteiger partial charge in [0.15, 0.2) is 11.2 Å². The highest BCUT2D eigenvalue weighted by Gasteiger charge is 2.19. The van der Waals surface area contributed by atoms with E-state index in [0.717, 1.165) is 44.5 Å². The van der Waals surface area contributed by atoms with Crippen molar-refractivity contribution in [2.24, 2.45) is 0 Å². The fourth-order valence-electron chi connectivity index (χ4n) is 2.90. The zero-order valence-corrected chi connectivity index (χ0v) is 12.3. The normalized spacial score (nSPS) is 11.7. The molecular formula is C18H11N3O2. The van der Waals surface area contributed by atoms with Crippen LogP contribution < -0.4 is 0 Å². The Labute approximate surface area is 130 Å². The van der Waals surface area contributed by atoms with Crippen LogP contribution in [0.3, 0.4) is 0 Å². The Kier molecular flexibility index (Phi) is 2.36. The van der Waals surface area contributed by atoms with Gasteiger partial charge < -0.3 is 8.83 Å². The van der Waals surface area contributed by atoms with Crippen LogP contribution in [0.4, 0.5) is 0 Å². The van der Waals surface area contributed by atoms with Crippen LogP contribution in [0.2, 0.25) is 0 Å². The molecule has 0 N–H and O–H groups in total. The zero-order valence-electron chi connectivity index (χ0n) is 12.3. The van der Waals surface area contributed by atoms with Gasteiger partial charge in [-0.15, -0.1) is 0 Å². The van der Waals surface area contributed by atoms with E-state index in [2.05, 4.69) is 15.0 Å². The molecule has 4 aromatic heterocycles. The molecule has 0 spiro atoms. The second-order valence-corrected chi connectivity index (χ2v) is 5.44. The van der Waals surface area contributed by atoms with E-state index < -0.39 is 0 Å². The van der Waals surface area contributed by atoms with Gasteiger partial charge in [0.1, 0.15) is 5.58 Å². The first-order valence-corrected chi connectivity index (χ1v) is 7.29. The van der Waals surface area contributed by atoms with Crippen LogP contribution in [0.1, 0.15) is 5.69 Å². The lowest BCUT2D eigenvalue weighted by Gasteiger charge is -2.00. The molecule has 0 bridgehead atoms. The lowest BCUT2D eigenvalue weighted by Crippen LogP contribution is -1.84. The fourth-order valence-corrected chi connectivity index (χ4v) is 2.90. The molecule has 0 aliphatic rings. The van der Waals surface area contributed by atoms with E-state index in [9.17, 15) is 0 Å². The standard InChI is InChI=1S/C18H11N3O2/c1-10-5-6-13-17-16(23-18(13)21-10)12-4-2-3-11(15(12)22-17)14-9-19-7-8-20-14/h2-9H,1H3. The molecule has 5 nitrogen and oxygen atoms in total. The van der Waals surface area contributed by atoms with Crippen LogP contribution in [0.25, 0.3) is 44.5 Å². The van der Waals surface area contributed by atoms with Crippen molar-refractivity contribution in [1.29, 1.82) is 0 Å². The maximum atomic E-state index is 6.13. The van der Waals surface area contributed by atoms with E-state index in [-0.39, 0.29) is 0 Å².